The minimum absolute atomic E-state index is 0.0288. The van der Waals surface area contributed by atoms with Gasteiger partial charge in [-0.2, -0.15) is 0 Å². The van der Waals surface area contributed by atoms with Crippen molar-refractivity contribution in [1.82, 2.24) is 0 Å². The molecule has 116 valence electrons. The predicted octanol–water partition coefficient (Wildman–Crippen LogP) is 2.29. The lowest BCUT2D eigenvalue weighted by atomic mass is 9.94. The summed E-state index contributed by atoms with van der Waals surface area (Å²) >= 11 is 0. The second-order valence-corrected chi connectivity index (χ2v) is 5.48. The van der Waals surface area contributed by atoms with Crippen LogP contribution in [0, 0.1) is 5.92 Å². The molecular weight excluding hydrogens is 284 g/mol. The van der Waals surface area contributed by atoms with Crippen LogP contribution in [0.2, 0.25) is 0 Å². The van der Waals surface area contributed by atoms with Crippen molar-refractivity contribution in [2.45, 2.75) is 25.9 Å². The molecule has 1 aliphatic rings. The number of fused-ring (bicyclic) bond motifs is 1. The van der Waals surface area contributed by atoms with E-state index in [4.69, 9.17) is 14.9 Å². The fourth-order valence-electron chi connectivity index (χ4n) is 2.83. The van der Waals surface area contributed by atoms with Gasteiger partial charge < -0.3 is 20.2 Å². The number of carbonyl (C=O) groups is 2. The Balaban J connectivity index is 1.94. The van der Waals surface area contributed by atoms with Gasteiger partial charge in [-0.05, 0) is 31.9 Å². The molecule has 1 aromatic carbocycles. The first-order valence-electron chi connectivity index (χ1n) is 7.31. The van der Waals surface area contributed by atoms with Gasteiger partial charge in [-0.15, -0.1) is 0 Å². The summed E-state index contributed by atoms with van der Waals surface area (Å²) in [5.74, 6) is -1.16. The highest BCUT2D eigenvalue weighted by atomic mass is 16.5. The summed E-state index contributed by atoms with van der Waals surface area (Å²) in [4.78, 5) is 24.1. The number of nitrogens with one attached hydrogen (secondary N) is 1. The van der Waals surface area contributed by atoms with Crippen molar-refractivity contribution in [3.63, 3.8) is 0 Å². The molecule has 0 unspecified atom stereocenters. The van der Waals surface area contributed by atoms with Gasteiger partial charge in [-0.25, -0.2) is 0 Å². The average Bonchev–Trinajstić information content (AvgIpc) is 2.87. The lowest BCUT2D eigenvalue weighted by Crippen LogP contribution is -2.36. The largest absolute Gasteiger partial charge is 0.449 e. The number of hydrogen-bond acceptors (Lipinski definition) is 4. The normalized spacial score (nSPS) is 21.7. The van der Waals surface area contributed by atoms with Crippen LogP contribution in [0.25, 0.3) is 11.0 Å². The Morgan fingerprint density at radius 2 is 2.09 bits per heavy atom. The second kappa shape index (κ2) is 5.81. The predicted molar refractivity (Wildman–Crippen MR) is 81.5 cm³/mol. The first kappa shape index (κ1) is 14.6. The van der Waals surface area contributed by atoms with Crippen LogP contribution in [0.1, 0.15) is 30.3 Å². The highest BCUT2D eigenvalue weighted by Crippen LogP contribution is 2.32. The summed E-state index contributed by atoms with van der Waals surface area (Å²) < 4.78 is 11.0. The molecule has 1 fully saturated rings. The first-order chi connectivity index (χ1) is 10.6. The van der Waals surface area contributed by atoms with E-state index in [0.29, 0.717) is 23.3 Å². The maximum absolute atomic E-state index is 12.5. The van der Waals surface area contributed by atoms with Crippen LogP contribution in [0.3, 0.4) is 0 Å². The monoisotopic (exact) mass is 302 g/mol. The zero-order valence-electron chi connectivity index (χ0n) is 12.3. The molecule has 0 saturated carbocycles. The molecule has 0 spiro atoms. The van der Waals surface area contributed by atoms with E-state index in [1.54, 1.807) is 18.2 Å². The van der Waals surface area contributed by atoms with E-state index in [9.17, 15) is 9.59 Å². The number of benzene rings is 1. The van der Waals surface area contributed by atoms with Gasteiger partial charge in [0.1, 0.15) is 11.3 Å². The molecule has 6 heteroatoms. The molecule has 2 atom stereocenters. The molecule has 6 nitrogen and oxygen atoms in total. The minimum atomic E-state index is -0.709. The second-order valence-electron chi connectivity index (χ2n) is 5.48. The standard InChI is InChI=1S/C16H18N2O4/c1-9-10(6-4-8-21-9)16(20)18-13-11-5-2-3-7-12(11)22-14(13)15(17)19/h2-3,5,7,9-10H,4,6,8H2,1H3,(H2,17,19)(H,18,20)/t9-,10-/m0/s1. The zero-order chi connectivity index (χ0) is 15.7. The fourth-order valence-corrected chi connectivity index (χ4v) is 2.83. The number of ether oxygens (including phenoxy) is 1. The van der Waals surface area contributed by atoms with Gasteiger partial charge in [0.15, 0.2) is 0 Å². The molecule has 0 bridgehead atoms. The molecule has 0 radical (unpaired) electrons. The topological polar surface area (TPSA) is 94.6 Å². The lowest BCUT2D eigenvalue weighted by Gasteiger charge is -2.27. The molecule has 22 heavy (non-hydrogen) atoms. The van der Waals surface area contributed by atoms with Gasteiger partial charge in [0.05, 0.1) is 12.0 Å². The van der Waals surface area contributed by atoms with Crippen LogP contribution in [0.5, 0.6) is 0 Å². The summed E-state index contributed by atoms with van der Waals surface area (Å²) in [5.41, 5.74) is 6.20. The molecule has 2 heterocycles. The Kier molecular flexibility index (Phi) is 3.85. The van der Waals surface area contributed by atoms with E-state index < -0.39 is 5.91 Å². The summed E-state index contributed by atoms with van der Waals surface area (Å²) in [6.45, 7) is 2.55. The Bertz CT molecular complexity index is 722. The van der Waals surface area contributed by atoms with Gasteiger partial charge in [0, 0.05) is 12.0 Å². The lowest BCUT2D eigenvalue weighted by molar-refractivity contribution is -0.127. The molecule has 3 N–H and O–H groups in total. The highest BCUT2D eigenvalue weighted by molar-refractivity contribution is 6.10. The molecule has 3 rings (SSSR count). The van der Waals surface area contributed by atoms with Crippen molar-refractivity contribution in [3.05, 3.63) is 30.0 Å². The smallest absolute Gasteiger partial charge is 0.286 e. The van der Waals surface area contributed by atoms with Crippen molar-refractivity contribution in [3.8, 4) is 0 Å². The number of furan rings is 1. The van der Waals surface area contributed by atoms with Crippen LogP contribution < -0.4 is 11.1 Å². The first-order valence-corrected chi connectivity index (χ1v) is 7.31. The Labute approximate surface area is 127 Å². The van der Waals surface area contributed by atoms with Crippen LogP contribution in [-0.2, 0) is 9.53 Å². The minimum Gasteiger partial charge on any atom is -0.449 e. The maximum Gasteiger partial charge on any atom is 0.286 e. The third-order valence-corrected chi connectivity index (χ3v) is 4.01. The van der Waals surface area contributed by atoms with E-state index in [1.807, 2.05) is 13.0 Å². The highest BCUT2D eigenvalue weighted by Gasteiger charge is 2.30. The number of hydrogen-bond donors (Lipinski definition) is 2. The van der Waals surface area contributed by atoms with Crippen LogP contribution in [0.4, 0.5) is 5.69 Å². The van der Waals surface area contributed by atoms with E-state index in [2.05, 4.69) is 5.32 Å². The van der Waals surface area contributed by atoms with E-state index >= 15 is 0 Å². The van der Waals surface area contributed by atoms with Gasteiger partial charge >= 0.3 is 0 Å². The van der Waals surface area contributed by atoms with Gasteiger partial charge in [0.25, 0.3) is 5.91 Å². The number of primary amides is 1. The molecule has 1 aromatic heterocycles. The number of amides is 2. The number of nitrogens with two attached hydrogens (primary N) is 1. The van der Waals surface area contributed by atoms with Crippen molar-refractivity contribution >= 4 is 28.5 Å². The number of anilines is 1. The van der Waals surface area contributed by atoms with Crippen LogP contribution in [-0.4, -0.2) is 24.5 Å². The van der Waals surface area contributed by atoms with Gasteiger partial charge in [0.2, 0.25) is 11.7 Å². The zero-order valence-corrected chi connectivity index (χ0v) is 12.3. The molecule has 2 aromatic rings. The Morgan fingerprint density at radius 1 is 1.32 bits per heavy atom. The molecule has 0 aliphatic carbocycles. The average molecular weight is 302 g/mol. The summed E-state index contributed by atoms with van der Waals surface area (Å²) in [6.07, 6.45) is 1.45. The third kappa shape index (κ3) is 2.57. The van der Waals surface area contributed by atoms with E-state index in [1.165, 1.54) is 0 Å². The van der Waals surface area contributed by atoms with Crippen molar-refractivity contribution < 1.29 is 18.7 Å². The summed E-state index contributed by atoms with van der Waals surface area (Å²) in [5, 5.41) is 3.46. The maximum atomic E-state index is 12.5. The summed E-state index contributed by atoms with van der Waals surface area (Å²) in [7, 11) is 0. The number of para-hydroxylation sites is 1. The van der Waals surface area contributed by atoms with E-state index in [-0.39, 0.29) is 23.7 Å². The van der Waals surface area contributed by atoms with Crippen LogP contribution in [0.15, 0.2) is 28.7 Å². The quantitative estimate of drug-likeness (QED) is 0.909. The molecule has 1 aliphatic heterocycles. The van der Waals surface area contributed by atoms with Crippen molar-refractivity contribution in [2.75, 3.05) is 11.9 Å². The van der Waals surface area contributed by atoms with Crippen LogP contribution >= 0.6 is 0 Å². The third-order valence-electron chi connectivity index (χ3n) is 4.01. The van der Waals surface area contributed by atoms with Crippen molar-refractivity contribution in [2.24, 2.45) is 11.7 Å². The SMILES string of the molecule is C[C@@H]1OCCC[C@@H]1C(=O)Nc1c(C(N)=O)oc2ccccc12. The Morgan fingerprint density at radius 3 is 2.82 bits per heavy atom. The van der Waals surface area contributed by atoms with Gasteiger partial charge in [-0.3, -0.25) is 9.59 Å². The van der Waals surface area contributed by atoms with Crippen molar-refractivity contribution in [1.29, 1.82) is 0 Å². The number of carbonyl (C=O) groups excluding carboxylic acids is 2. The fraction of sp³-hybridized carbons (Fsp3) is 0.375. The number of rotatable bonds is 3. The Hall–Kier alpha value is -2.34. The molecular formula is C16H18N2O4. The molecule has 1 saturated heterocycles. The molecule has 2 amide bonds. The van der Waals surface area contributed by atoms with E-state index in [0.717, 1.165) is 12.8 Å². The van der Waals surface area contributed by atoms with Gasteiger partial charge in [-0.1, -0.05) is 12.1 Å². The summed E-state index contributed by atoms with van der Waals surface area (Å²) in [6, 6.07) is 7.11.